The number of imidazole rings is 1. The lowest BCUT2D eigenvalue weighted by molar-refractivity contribution is 0.570. The highest BCUT2D eigenvalue weighted by Gasteiger charge is 2.24. The highest BCUT2D eigenvalue weighted by molar-refractivity contribution is 7.15. The summed E-state index contributed by atoms with van der Waals surface area (Å²) < 4.78 is 0. The number of halogens is 1. The molecule has 1 aromatic carbocycles. The van der Waals surface area contributed by atoms with Gasteiger partial charge in [0.05, 0.1) is 38.6 Å². The molecule has 4 rings (SSSR count). The van der Waals surface area contributed by atoms with Gasteiger partial charge >= 0.3 is 0 Å². The molecular formula is C20H20ClN5S. The van der Waals surface area contributed by atoms with Crippen LogP contribution in [0.15, 0.2) is 30.6 Å². The second-order valence-electron chi connectivity index (χ2n) is 7.57. The van der Waals surface area contributed by atoms with E-state index in [0.717, 1.165) is 38.6 Å². The molecule has 4 aromatic rings. The number of fused-ring (bicyclic) bond motifs is 1. The Morgan fingerprint density at radius 2 is 1.89 bits per heavy atom. The minimum atomic E-state index is -0.226. The number of rotatable bonds is 2. The molecule has 0 amide bonds. The SMILES string of the molecule is Cc1ccc(-c2nc(N)c(C(C)(C)C)nc2-c2cc(Cl)c3[nH]cnc3c2)s1. The summed E-state index contributed by atoms with van der Waals surface area (Å²) in [5, 5.41) is 0.601. The maximum absolute atomic E-state index is 6.48. The van der Waals surface area contributed by atoms with Crippen LogP contribution in [0.2, 0.25) is 5.02 Å². The van der Waals surface area contributed by atoms with Gasteiger partial charge in [-0.2, -0.15) is 0 Å². The van der Waals surface area contributed by atoms with Gasteiger partial charge in [0.1, 0.15) is 11.5 Å². The molecule has 0 spiro atoms. The van der Waals surface area contributed by atoms with Gasteiger partial charge in [-0.3, -0.25) is 0 Å². The summed E-state index contributed by atoms with van der Waals surface area (Å²) in [4.78, 5) is 19.4. The van der Waals surface area contributed by atoms with Crippen molar-refractivity contribution in [3.63, 3.8) is 0 Å². The number of anilines is 1. The van der Waals surface area contributed by atoms with Crippen LogP contribution in [0.3, 0.4) is 0 Å². The predicted molar refractivity (Wildman–Crippen MR) is 113 cm³/mol. The van der Waals surface area contributed by atoms with Crippen LogP contribution in [0, 0.1) is 6.92 Å². The smallest absolute Gasteiger partial charge is 0.146 e. The Balaban J connectivity index is 2.03. The van der Waals surface area contributed by atoms with E-state index in [2.05, 4.69) is 49.8 Å². The van der Waals surface area contributed by atoms with Crippen LogP contribution >= 0.6 is 22.9 Å². The lowest BCUT2D eigenvalue weighted by atomic mass is 9.91. The van der Waals surface area contributed by atoms with E-state index in [0.29, 0.717) is 10.8 Å². The number of nitrogens with zero attached hydrogens (tertiary/aromatic N) is 3. The van der Waals surface area contributed by atoms with Gasteiger partial charge in [0.25, 0.3) is 0 Å². The van der Waals surface area contributed by atoms with E-state index in [-0.39, 0.29) is 5.41 Å². The van der Waals surface area contributed by atoms with Gasteiger partial charge in [-0.1, -0.05) is 32.4 Å². The van der Waals surface area contributed by atoms with Crippen molar-refractivity contribution < 1.29 is 0 Å². The molecule has 0 fully saturated rings. The summed E-state index contributed by atoms with van der Waals surface area (Å²) in [7, 11) is 0. The zero-order valence-electron chi connectivity index (χ0n) is 15.6. The lowest BCUT2D eigenvalue weighted by Gasteiger charge is -2.21. The summed E-state index contributed by atoms with van der Waals surface area (Å²) in [6, 6.07) is 8.01. The number of benzene rings is 1. The van der Waals surface area contributed by atoms with Crippen molar-refractivity contribution in [1.82, 2.24) is 19.9 Å². The van der Waals surface area contributed by atoms with E-state index in [4.69, 9.17) is 27.3 Å². The van der Waals surface area contributed by atoms with Crippen molar-refractivity contribution in [3.8, 4) is 21.8 Å². The number of aromatic nitrogens is 4. The Labute approximate surface area is 166 Å². The molecule has 0 aliphatic rings. The molecule has 7 heteroatoms. The van der Waals surface area contributed by atoms with Crippen LogP contribution in [-0.4, -0.2) is 19.9 Å². The van der Waals surface area contributed by atoms with Crippen LogP contribution in [0.4, 0.5) is 5.82 Å². The molecule has 27 heavy (non-hydrogen) atoms. The Bertz CT molecular complexity index is 1150. The van der Waals surface area contributed by atoms with Crippen LogP contribution in [0.25, 0.3) is 32.9 Å². The first-order chi connectivity index (χ1) is 12.7. The molecule has 5 nitrogen and oxygen atoms in total. The molecular weight excluding hydrogens is 378 g/mol. The third-order valence-corrected chi connectivity index (χ3v) is 5.67. The Hall–Kier alpha value is -2.44. The minimum Gasteiger partial charge on any atom is -0.382 e. The van der Waals surface area contributed by atoms with Gasteiger partial charge < -0.3 is 10.7 Å². The standard InChI is InChI=1S/C20H20ClN5S/c1-10-5-6-14(27-10)17-15(25-18(19(22)26-17)20(2,3)4)11-7-12(21)16-13(8-11)23-9-24-16/h5-9H,1-4H3,(H2,22,26)(H,23,24). The molecule has 0 aliphatic heterocycles. The highest BCUT2D eigenvalue weighted by atomic mass is 35.5. The Morgan fingerprint density at radius 1 is 1.11 bits per heavy atom. The summed E-state index contributed by atoms with van der Waals surface area (Å²) in [6.07, 6.45) is 1.64. The third-order valence-electron chi connectivity index (χ3n) is 4.36. The van der Waals surface area contributed by atoms with Crippen molar-refractivity contribution in [1.29, 1.82) is 0 Å². The zero-order valence-corrected chi connectivity index (χ0v) is 17.2. The number of nitrogens with two attached hydrogens (primary N) is 1. The fourth-order valence-electron chi connectivity index (χ4n) is 3.08. The van der Waals surface area contributed by atoms with Crippen molar-refractivity contribution in [2.75, 3.05) is 5.73 Å². The number of H-pyrrole nitrogens is 1. The fourth-order valence-corrected chi connectivity index (χ4v) is 4.20. The van der Waals surface area contributed by atoms with Gasteiger partial charge in [0.2, 0.25) is 0 Å². The average Bonchev–Trinajstić information content (AvgIpc) is 3.22. The number of aromatic amines is 1. The van der Waals surface area contributed by atoms with Crippen LogP contribution in [0.5, 0.6) is 0 Å². The second-order valence-corrected chi connectivity index (χ2v) is 9.26. The first kappa shape index (κ1) is 17.9. The molecule has 0 bridgehead atoms. The largest absolute Gasteiger partial charge is 0.382 e. The fraction of sp³-hybridized carbons (Fsp3) is 0.250. The molecule has 0 radical (unpaired) electrons. The summed E-state index contributed by atoms with van der Waals surface area (Å²) >= 11 is 8.14. The van der Waals surface area contributed by atoms with Crippen molar-refractivity contribution >= 4 is 39.8 Å². The second kappa shape index (κ2) is 6.32. The van der Waals surface area contributed by atoms with Gasteiger partial charge in [-0.05, 0) is 31.2 Å². The zero-order chi connectivity index (χ0) is 19.3. The predicted octanol–water partition coefficient (Wildman–Crippen LogP) is 5.59. The molecule has 3 N–H and O–H groups in total. The van der Waals surface area contributed by atoms with E-state index in [9.17, 15) is 0 Å². The molecule has 0 atom stereocenters. The van der Waals surface area contributed by atoms with E-state index in [1.807, 2.05) is 12.1 Å². The first-order valence-corrected chi connectivity index (χ1v) is 9.81. The number of thiophene rings is 1. The third kappa shape index (κ3) is 3.19. The minimum absolute atomic E-state index is 0.226. The highest BCUT2D eigenvalue weighted by Crippen LogP contribution is 2.38. The molecule has 0 saturated carbocycles. The molecule has 138 valence electrons. The Morgan fingerprint density at radius 3 is 2.56 bits per heavy atom. The number of hydrogen-bond acceptors (Lipinski definition) is 5. The first-order valence-electron chi connectivity index (χ1n) is 8.62. The lowest BCUT2D eigenvalue weighted by Crippen LogP contribution is -2.18. The monoisotopic (exact) mass is 397 g/mol. The number of hydrogen-bond donors (Lipinski definition) is 2. The molecule has 3 heterocycles. The molecule has 0 aliphatic carbocycles. The number of nitrogens with one attached hydrogen (secondary N) is 1. The maximum Gasteiger partial charge on any atom is 0.146 e. The van der Waals surface area contributed by atoms with Crippen LogP contribution in [0.1, 0.15) is 31.3 Å². The summed E-state index contributed by atoms with van der Waals surface area (Å²) in [5.74, 6) is 0.458. The molecule has 0 saturated heterocycles. The average molecular weight is 398 g/mol. The Kier molecular flexibility index (Phi) is 4.20. The quantitative estimate of drug-likeness (QED) is 0.462. The van der Waals surface area contributed by atoms with Gasteiger partial charge in [-0.15, -0.1) is 11.3 Å². The normalized spacial score (nSPS) is 12.0. The van der Waals surface area contributed by atoms with E-state index < -0.39 is 0 Å². The van der Waals surface area contributed by atoms with E-state index >= 15 is 0 Å². The maximum atomic E-state index is 6.48. The van der Waals surface area contributed by atoms with Crippen molar-refractivity contribution in [2.45, 2.75) is 33.1 Å². The number of nitrogen functional groups attached to an aromatic ring is 1. The summed E-state index contributed by atoms with van der Waals surface area (Å²) in [5.41, 5.74) is 10.8. The van der Waals surface area contributed by atoms with Crippen LogP contribution in [-0.2, 0) is 5.41 Å². The van der Waals surface area contributed by atoms with Gasteiger partial charge in [0.15, 0.2) is 0 Å². The van der Waals surface area contributed by atoms with Crippen molar-refractivity contribution in [2.24, 2.45) is 0 Å². The topological polar surface area (TPSA) is 80.5 Å². The molecule has 3 aromatic heterocycles. The molecule has 0 unspecified atom stereocenters. The van der Waals surface area contributed by atoms with Gasteiger partial charge in [0, 0.05) is 15.9 Å². The van der Waals surface area contributed by atoms with E-state index in [1.165, 1.54) is 4.88 Å². The summed E-state index contributed by atoms with van der Waals surface area (Å²) in [6.45, 7) is 8.31. The van der Waals surface area contributed by atoms with Gasteiger partial charge in [-0.25, -0.2) is 15.0 Å². The number of aryl methyl sites for hydroxylation is 1. The van der Waals surface area contributed by atoms with E-state index in [1.54, 1.807) is 17.7 Å². The van der Waals surface area contributed by atoms with Crippen molar-refractivity contribution in [3.05, 3.63) is 46.2 Å². The van der Waals surface area contributed by atoms with Crippen LogP contribution < -0.4 is 5.73 Å².